The van der Waals surface area contributed by atoms with Crippen molar-refractivity contribution in [3.8, 4) is 11.5 Å². The molecular formula is C20H32F2IN3O3. The molecule has 1 N–H and O–H groups in total. The molecule has 1 aromatic carbocycles. The molecule has 0 atom stereocenters. The van der Waals surface area contributed by atoms with Gasteiger partial charge in [0.25, 0.3) is 0 Å². The van der Waals surface area contributed by atoms with Crippen molar-refractivity contribution in [3.63, 3.8) is 0 Å². The van der Waals surface area contributed by atoms with E-state index in [1.165, 1.54) is 20.0 Å². The topological polar surface area (TPSA) is 55.3 Å². The summed E-state index contributed by atoms with van der Waals surface area (Å²) in [5.41, 5.74) is 0.853. The second-order valence-corrected chi connectivity index (χ2v) is 6.79. The molecule has 1 saturated carbocycles. The van der Waals surface area contributed by atoms with Crippen molar-refractivity contribution in [1.29, 1.82) is 0 Å². The zero-order chi connectivity index (χ0) is 20.4. The van der Waals surface area contributed by atoms with Gasteiger partial charge in [0, 0.05) is 33.3 Å². The van der Waals surface area contributed by atoms with Gasteiger partial charge in [-0.25, -0.2) is 0 Å². The molecule has 9 heteroatoms. The van der Waals surface area contributed by atoms with Gasteiger partial charge in [-0.05, 0) is 49.8 Å². The SMILES string of the molecule is CCNC(=NCCc1ccc(OC)c(OC(F)F)c1)N(C)CCOCC1CC1.I. The van der Waals surface area contributed by atoms with Gasteiger partial charge in [0.15, 0.2) is 17.5 Å². The van der Waals surface area contributed by atoms with Crippen LogP contribution in [0.15, 0.2) is 23.2 Å². The van der Waals surface area contributed by atoms with E-state index in [0.717, 1.165) is 37.1 Å². The summed E-state index contributed by atoms with van der Waals surface area (Å²) in [6.07, 6.45) is 3.18. The van der Waals surface area contributed by atoms with Gasteiger partial charge < -0.3 is 24.4 Å². The Bertz CT molecular complexity index is 631. The number of hydrogen-bond donors (Lipinski definition) is 1. The van der Waals surface area contributed by atoms with Gasteiger partial charge in [-0.2, -0.15) is 8.78 Å². The van der Waals surface area contributed by atoms with E-state index >= 15 is 0 Å². The van der Waals surface area contributed by atoms with Crippen LogP contribution in [0.2, 0.25) is 0 Å². The maximum absolute atomic E-state index is 12.6. The van der Waals surface area contributed by atoms with Crippen LogP contribution in [-0.2, 0) is 11.2 Å². The number of hydrogen-bond acceptors (Lipinski definition) is 4. The number of halogens is 3. The van der Waals surface area contributed by atoms with E-state index in [0.29, 0.717) is 19.6 Å². The lowest BCUT2D eigenvalue weighted by molar-refractivity contribution is -0.0512. The number of alkyl halides is 2. The fourth-order valence-corrected chi connectivity index (χ4v) is 2.67. The minimum absolute atomic E-state index is 0. The van der Waals surface area contributed by atoms with Crippen LogP contribution in [-0.4, -0.2) is 64.5 Å². The van der Waals surface area contributed by atoms with E-state index in [4.69, 9.17) is 9.47 Å². The Balaban J connectivity index is 0.00000420. The molecule has 2 rings (SSSR count). The van der Waals surface area contributed by atoms with E-state index in [-0.39, 0.29) is 35.5 Å². The van der Waals surface area contributed by atoms with Crippen molar-refractivity contribution < 1.29 is 23.0 Å². The van der Waals surface area contributed by atoms with E-state index < -0.39 is 6.61 Å². The predicted octanol–water partition coefficient (Wildman–Crippen LogP) is 3.78. The van der Waals surface area contributed by atoms with Gasteiger partial charge in [-0.3, -0.25) is 4.99 Å². The number of guanidine groups is 1. The zero-order valence-electron chi connectivity index (χ0n) is 17.3. The van der Waals surface area contributed by atoms with Gasteiger partial charge >= 0.3 is 6.61 Å². The standard InChI is InChI=1S/C20H31F2N3O3.HI/c1-4-23-20(25(2)11-12-27-14-16-5-6-16)24-10-9-15-7-8-17(26-3)18(13-15)28-19(21)22;/h7-8,13,16,19H,4-6,9-12,14H2,1-3H3,(H,23,24);1H. The van der Waals surface area contributed by atoms with Crippen molar-refractivity contribution in [2.75, 3.05) is 47.0 Å². The van der Waals surface area contributed by atoms with Gasteiger partial charge in [0.1, 0.15) is 0 Å². The van der Waals surface area contributed by atoms with Gasteiger partial charge in [0.2, 0.25) is 0 Å². The molecule has 1 aromatic rings. The molecule has 6 nitrogen and oxygen atoms in total. The van der Waals surface area contributed by atoms with Gasteiger partial charge in [-0.1, -0.05) is 6.07 Å². The van der Waals surface area contributed by atoms with E-state index in [9.17, 15) is 8.78 Å². The second-order valence-electron chi connectivity index (χ2n) is 6.79. The molecule has 0 saturated heterocycles. The highest BCUT2D eigenvalue weighted by molar-refractivity contribution is 14.0. The Morgan fingerprint density at radius 1 is 1.31 bits per heavy atom. The molecule has 0 spiro atoms. The lowest BCUT2D eigenvalue weighted by Crippen LogP contribution is -2.40. The minimum atomic E-state index is -2.89. The van der Waals surface area contributed by atoms with E-state index in [2.05, 4.69) is 15.0 Å². The fraction of sp³-hybridized carbons (Fsp3) is 0.650. The Hall–Kier alpha value is -1.36. The average Bonchev–Trinajstić information content (AvgIpc) is 3.48. The van der Waals surface area contributed by atoms with Crippen LogP contribution in [0.5, 0.6) is 11.5 Å². The van der Waals surface area contributed by atoms with Crippen molar-refractivity contribution in [2.45, 2.75) is 32.8 Å². The van der Waals surface area contributed by atoms with Crippen LogP contribution in [0.25, 0.3) is 0 Å². The highest BCUT2D eigenvalue weighted by Gasteiger charge is 2.21. The summed E-state index contributed by atoms with van der Waals surface area (Å²) in [5.74, 6) is 1.88. The molecule has 1 aliphatic carbocycles. The Morgan fingerprint density at radius 3 is 2.69 bits per heavy atom. The summed E-state index contributed by atoms with van der Waals surface area (Å²) in [5, 5.41) is 3.26. The third-order valence-corrected chi connectivity index (χ3v) is 4.42. The third-order valence-electron chi connectivity index (χ3n) is 4.42. The quantitative estimate of drug-likeness (QED) is 0.194. The van der Waals surface area contributed by atoms with Crippen LogP contribution >= 0.6 is 24.0 Å². The van der Waals surface area contributed by atoms with Gasteiger partial charge in [-0.15, -0.1) is 24.0 Å². The number of methoxy groups -OCH3 is 1. The third kappa shape index (κ3) is 9.79. The van der Waals surface area contributed by atoms with Crippen molar-refractivity contribution in [1.82, 2.24) is 10.2 Å². The Labute approximate surface area is 189 Å². The molecule has 29 heavy (non-hydrogen) atoms. The summed E-state index contributed by atoms with van der Waals surface area (Å²) < 4.78 is 40.4. The molecule has 0 aliphatic heterocycles. The number of aliphatic imine (C=N–C) groups is 1. The van der Waals surface area contributed by atoms with Crippen molar-refractivity contribution in [2.24, 2.45) is 10.9 Å². The summed E-state index contributed by atoms with van der Waals surface area (Å²) in [4.78, 5) is 6.66. The number of nitrogens with one attached hydrogen (secondary N) is 1. The Kier molecular flexibility index (Phi) is 12.2. The number of ether oxygens (including phenoxy) is 3. The van der Waals surface area contributed by atoms with Crippen LogP contribution in [0.1, 0.15) is 25.3 Å². The first kappa shape index (κ1) is 25.7. The molecule has 166 valence electrons. The number of nitrogens with zero attached hydrogens (tertiary/aromatic N) is 2. The molecule has 1 fully saturated rings. The van der Waals surface area contributed by atoms with Crippen molar-refractivity contribution >= 4 is 29.9 Å². The van der Waals surface area contributed by atoms with Crippen molar-refractivity contribution in [3.05, 3.63) is 23.8 Å². The van der Waals surface area contributed by atoms with Crippen LogP contribution < -0.4 is 14.8 Å². The van der Waals surface area contributed by atoms with Gasteiger partial charge in [0.05, 0.1) is 13.7 Å². The highest BCUT2D eigenvalue weighted by Crippen LogP contribution is 2.30. The van der Waals surface area contributed by atoms with E-state index in [1.54, 1.807) is 12.1 Å². The largest absolute Gasteiger partial charge is 0.493 e. The second kappa shape index (κ2) is 13.8. The molecule has 0 aromatic heterocycles. The molecule has 0 amide bonds. The summed E-state index contributed by atoms with van der Waals surface area (Å²) >= 11 is 0. The summed E-state index contributed by atoms with van der Waals surface area (Å²) in [6.45, 7) is 2.69. The van der Waals surface area contributed by atoms with Crippen LogP contribution in [0.4, 0.5) is 8.78 Å². The molecule has 0 bridgehead atoms. The lowest BCUT2D eigenvalue weighted by Gasteiger charge is -2.22. The maximum atomic E-state index is 12.6. The normalized spacial score (nSPS) is 13.8. The first-order chi connectivity index (χ1) is 13.5. The zero-order valence-corrected chi connectivity index (χ0v) is 19.7. The fourth-order valence-electron chi connectivity index (χ4n) is 2.67. The lowest BCUT2D eigenvalue weighted by atomic mass is 10.1. The summed E-state index contributed by atoms with van der Waals surface area (Å²) in [6, 6.07) is 5.03. The van der Waals surface area contributed by atoms with E-state index in [1.807, 2.05) is 24.9 Å². The molecule has 0 unspecified atom stereocenters. The van der Waals surface area contributed by atoms with Crippen LogP contribution in [0.3, 0.4) is 0 Å². The number of benzene rings is 1. The Morgan fingerprint density at radius 2 is 2.07 bits per heavy atom. The monoisotopic (exact) mass is 527 g/mol. The number of rotatable bonds is 12. The van der Waals surface area contributed by atoms with Crippen LogP contribution in [0, 0.1) is 5.92 Å². The first-order valence-corrected chi connectivity index (χ1v) is 9.72. The molecule has 0 heterocycles. The molecule has 1 aliphatic rings. The molecule has 0 radical (unpaired) electrons. The minimum Gasteiger partial charge on any atom is -0.493 e. The molecular weight excluding hydrogens is 495 g/mol. The number of likely N-dealkylation sites (N-methyl/N-ethyl adjacent to an activating group) is 1. The average molecular weight is 527 g/mol. The predicted molar refractivity (Wildman–Crippen MR) is 121 cm³/mol. The highest BCUT2D eigenvalue weighted by atomic mass is 127. The summed E-state index contributed by atoms with van der Waals surface area (Å²) in [7, 11) is 3.40. The first-order valence-electron chi connectivity index (χ1n) is 9.72. The maximum Gasteiger partial charge on any atom is 0.387 e. The smallest absolute Gasteiger partial charge is 0.387 e.